The van der Waals surface area contributed by atoms with Crippen molar-refractivity contribution in [3.63, 3.8) is 0 Å². The van der Waals surface area contributed by atoms with E-state index in [-0.39, 0.29) is 118 Å². The van der Waals surface area contributed by atoms with Crippen LogP contribution in [-0.2, 0) is 92.3 Å². The molecule has 0 aromatic rings. The first kappa shape index (κ1) is 113. The van der Waals surface area contributed by atoms with Crippen LogP contribution in [0.1, 0.15) is 208 Å². The Labute approximate surface area is 776 Å². The maximum absolute atomic E-state index is 13.2. The third kappa shape index (κ3) is 32.7. The second-order valence-electron chi connectivity index (χ2n) is 35.1. The third-order valence-corrected chi connectivity index (χ3v) is 30.5. The summed E-state index contributed by atoms with van der Waals surface area (Å²) in [5, 5.41) is 63.0. The smallest absolute Gasteiger partial charge is 0.870 e. The standard InChI is InChI=1S/C22H34N4O7S.C20H32N4O6S.C18H27N3O6.C16H25N3O5.C4H9NO2S.C2H3ClO.Li.H2O/c1-15(27)33-13-9-17-18(28)24-22(19(29)25-34(31,32)21(2)10-11-21)14-16(22)8-6-4-5-7-12-26(3)20(30)23-17;1-19(9-10-19)31(29,30)23-17(27)20-13-14(20)7-5-3-4-6-11-24(2)18(28)21-15(8-12-25)16(26)22-20;1-12(22)27-10-8-14-15(23)20-18(16(24)25)11-13(18)7-5-3-4-6-9-21(2)17(26)19-14;1-19-8-5-3-2-4-6-11-10-16(11,14(22)23)18-13(21)12(7-9-20)17-15(19)24;1-4(2-3-4)8(5,6)7;1-2(3)4;;/h6,8,16-17H,4-5,7,9-14H2,1-3H3,(H,23,30)(H,24,28)(H,25,29);5,7,14-15,25H,3-4,6,8-13H2,1-2H3,(H,21,28)(H,22,26)(H,23,27);5,7,13-14H,3-4,6,8-11H2,1-2H3,(H,19,26)(H,20,23)(H,24,25);4,6,11-12,20H,2-3,5,7-10H2,1H3,(H,17,24)(H,18,21)(H,22,23);2-3H2,1H3,(H2,5,6,7);1H3;;1H2/q;;;;;;+1;/p-1/b8-6-;2*7-5-;6-4-;;;;/t16-,17+,22-;14-,15+,20-;13-,14+,18-;11-,12+,16-;;;;/m1111..../s1. The number of esters is 2. The summed E-state index contributed by atoms with van der Waals surface area (Å²) in [5.41, 5.74) is -5.46. The number of carboxylic acids is 2. The van der Waals surface area contributed by atoms with Gasteiger partial charge in [0, 0.05) is 125 Å². The number of carbonyl (C=O) groups is 15. The van der Waals surface area contributed by atoms with Gasteiger partial charge in [0.25, 0.3) is 11.8 Å². The molecule has 43 nitrogen and oxygen atoms in total. The van der Waals surface area contributed by atoms with E-state index in [9.17, 15) is 112 Å². The van der Waals surface area contributed by atoms with Gasteiger partial charge in [-0.3, -0.25) is 52.6 Å². The number of rotatable bonds is 19. The van der Waals surface area contributed by atoms with Crippen molar-refractivity contribution in [1.82, 2.24) is 71.6 Å². The normalized spacial score (nSPS) is 29.6. The van der Waals surface area contributed by atoms with Crippen molar-refractivity contribution in [2.45, 2.75) is 269 Å². The zero-order valence-corrected chi connectivity index (χ0v) is 79.1. The Balaban J connectivity index is 0.000000347. The van der Waals surface area contributed by atoms with Gasteiger partial charge in [0.2, 0.25) is 58.9 Å². The van der Waals surface area contributed by atoms with Crippen LogP contribution in [0.25, 0.3) is 0 Å². The molecule has 130 heavy (non-hydrogen) atoms. The zero-order chi connectivity index (χ0) is 95.8. The van der Waals surface area contributed by atoms with Crippen LogP contribution in [0.4, 0.5) is 19.2 Å². The van der Waals surface area contributed by atoms with Gasteiger partial charge in [-0.15, -0.1) is 0 Å². The van der Waals surface area contributed by atoms with E-state index in [0.717, 1.165) is 89.9 Å². The van der Waals surface area contributed by atoms with Gasteiger partial charge in [-0.1, -0.05) is 48.6 Å². The quantitative estimate of drug-likeness (QED) is 0.0310. The number of halogens is 1. The van der Waals surface area contributed by atoms with Crippen LogP contribution in [-0.4, -0.2) is 301 Å². The van der Waals surface area contributed by atoms with Gasteiger partial charge >= 0.3 is 66.9 Å². The number of aliphatic carboxylic acids is 2. The maximum atomic E-state index is 13.2. The number of aliphatic hydroxyl groups is 2. The van der Waals surface area contributed by atoms with Crippen molar-refractivity contribution in [3.05, 3.63) is 48.6 Å². The summed E-state index contributed by atoms with van der Waals surface area (Å²) in [4.78, 5) is 187. The van der Waals surface area contributed by atoms with Crippen LogP contribution in [0.3, 0.4) is 0 Å². The molecule has 0 aromatic heterocycles. The molecular formula is C82H131ClLiN15O28S3. The van der Waals surface area contributed by atoms with Gasteiger partial charge in [-0.2, -0.15) is 0 Å². The van der Waals surface area contributed by atoms with E-state index in [1.54, 1.807) is 49.0 Å². The van der Waals surface area contributed by atoms with Gasteiger partial charge in [0.1, 0.15) is 46.3 Å². The van der Waals surface area contributed by atoms with Crippen molar-refractivity contribution in [2.75, 3.05) is 80.8 Å². The fourth-order valence-electron chi connectivity index (χ4n) is 14.0. The summed E-state index contributed by atoms with van der Waals surface area (Å²) in [6.45, 7) is 9.97. The van der Waals surface area contributed by atoms with Crippen molar-refractivity contribution in [3.8, 4) is 0 Å². The third-order valence-electron chi connectivity index (χ3n) is 24.4. The van der Waals surface area contributed by atoms with E-state index in [0.29, 0.717) is 64.7 Å². The van der Waals surface area contributed by atoms with E-state index in [1.165, 1.54) is 40.4 Å². The Morgan fingerprint density at radius 3 is 0.877 bits per heavy atom. The maximum Gasteiger partial charge on any atom is 1.00 e. The fraction of sp³-hybridized carbons (Fsp3) is 0.720. The van der Waals surface area contributed by atoms with E-state index in [1.807, 2.05) is 48.6 Å². The van der Waals surface area contributed by atoms with Crippen molar-refractivity contribution >= 4 is 130 Å². The Bertz CT molecular complexity index is 4550. The molecule has 4 aliphatic heterocycles. The molecule has 0 unspecified atom stereocenters. The first-order valence-electron chi connectivity index (χ1n) is 43.1. The number of amides is 14. The number of nitrogens with zero attached hydrogens (tertiary/aromatic N) is 4. The predicted molar refractivity (Wildman–Crippen MR) is 467 cm³/mol. The molecule has 0 aromatic carbocycles. The number of nitrogens with two attached hydrogens (primary N) is 1. The summed E-state index contributed by atoms with van der Waals surface area (Å²) in [6, 6.07) is -5.84. The molecule has 0 saturated heterocycles. The molecule has 14 amide bonds. The average molecular weight is 1910 g/mol. The van der Waals surface area contributed by atoms with E-state index < -0.39 is 174 Å². The van der Waals surface area contributed by atoms with Gasteiger partial charge in [-0.05, 0) is 186 Å². The number of allylic oxidation sites excluding steroid dienone is 4. The van der Waals surface area contributed by atoms with Crippen LogP contribution in [0.5, 0.6) is 0 Å². The number of ether oxygens (including phenoxy) is 2. The van der Waals surface area contributed by atoms with Crippen LogP contribution in [0.2, 0.25) is 0 Å². The van der Waals surface area contributed by atoms with Crippen LogP contribution in [0, 0.1) is 23.7 Å². The molecule has 7 saturated carbocycles. The summed E-state index contributed by atoms with van der Waals surface area (Å²) >= 11 is 4.64. The molecule has 0 spiro atoms. The van der Waals surface area contributed by atoms with Gasteiger partial charge in [-0.25, -0.2) is 59.2 Å². The van der Waals surface area contributed by atoms with Gasteiger partial charge in [0.05, 0.1) is 27.5 Å². The van der Waals surface area contributed by atoms with Crippen molar-refractivity contribution in [1.29, 1.82) is 0 Å². The molecule has 17 N–H and O–H groups in total. The van der Waals surface area contributed by atoms with Crippen LogP contribution < -0.4 is 76.0 Å². The Hall–Kier alpha value is -9.01. The molecule has 4 heterocycles. The zero-order valence-electron chi connectivity index (χ0n) is 75.9. The number of carbonyl (C=O) groups excluding carboxylic acids is 13. The van der Waals surface area contributed by atoms with Crippen molar-refractivity contribution < 1.29 is 151 Å². The monoisotopic (exact) mass is 1910 g/mol. The summed E-state index contributed by atoms with van der Waals surface area (Å²) < 4.78 is 83.0. The predicted octanol–water partition coefficient (Wildman–Crippen LogP) is -1.29. The summed E-state index contributed by atoms with van der Waals surface area (Å²) in [7, 11) is -4.46. The molecule has 7 aliphatic carbocycles. The second-order valence-corrected chi connectivity index (χ2v) is 42.1. The topological polar surface area (TPSA) is 647 Å². The second kappa shape index (κ2) is 49.1. The first-order chi connectivity index (χ1) is 59.8. The average Bonchev–Trinajstić information content (AvgIpc) is 1.58. The van der Waals surface area contributed by atoms with E-state index in [4.69, 9.17) is 19.7 Å². The molecule has 12 atom stereocenters. The number of urea groups is 4. The van der Waals surface area contributed by atoms with Crippen LogP contribution in [0.15, 0.2) is 48.6 Å². The Morgan fingerprint density at radius 2 is 0.662 bits per heavy atom. The number of fused-ring (bicyclic) bond motifs is 4. The Morgan fingerprint density at radius 1 is 0.431 bits per heavy atom. The Kier molecular flexibility index (Phi) is 42.8. The summed E-state index contributed by atoms with van der Waals surface area (Å²) in [5.74, 6) is -8.40. The number of carboxylic acid groups (broad SMARTS) is 2. The minimum atomic E-state index is -3.89. The van der Waals surface area contributed by atoms with E-state index >= 15 is 0 Å². The van der Waals surface area contributed by atoms with Crippen LogP contribution >= 0.6 is 11.6 Å². The molecule has 728 valence electrons. The fourth-order valence-corrected chi connectivity index (χ4v) is 17.3. The molecule has 7 fully saturated rings. The van der Waals surface area contributed by atoms with Gasteiger partial charge in [0.15, 0.2) is 0 Å². The molecule has 0 radical (unpaired) electrons. The van der Waals surface area contributed by atoms with Gasteiger partial charge < -0.3 is 97.5 Å². The molecule has 0 bridgehead atoms. The molecule has 11 rings (SSSR count). The number of hydrogen-bond donors (Lipinski definition) is 15. The SMILES string of the molecule is CC(=O)Cl.CC(=O)OCC[C@@H]1NC(=O)N(C)CCCC/C=C\[C@@H]2C[C@@]2(C(=O)NS(=O)(=O)C2(C)CC2)NC1=O.CC(=O)OCC[C@@H]1NC(=O)N(C)CCCC/C=C\[C@@H]2C[C@@]2(C(=O)O)NC1=O.CC1(S(N)(=O)=O)CC1.CN1CCCC/C=C\[C@@H]2C[C@@]2(C(=O)NS(=O)(=O)C2(C)CC2)NC(=O)[C@H](CCO)NC1=O.CN1CCCC/C=C\[C@@H]2C[C@@]2(C(=O)O)NC(=O)[C@H](CCO)NC1=O.[Li+].[OH-]. The van der Waals surface area contributed by atoms with E-state index in [2.05, 4.69) is 63.6 Å². The number of nitrogens with one attached hydrogen (secondary N) is 10. The first-order valence-corrected chi connectivity index (χ1v) is 48.0. The number of aliphatic hydroxyl groups excluding tert-OH is 2. The minimum absolute atomic E-state index is 0. The largest absolute Gasteiger partial charge is 1.00 e. The number of hydrogen-bond acceptors (Lipinski definition) is 26. The molecular weight excluding hydrogens is 1780 g/mol. The molecule has 11 aliphatic rings. The number of primary sulfonamides is 1. The minimum Gasteiger partial charge on any atom is -0.870 e. The number of sulfonamides is 3. The van der Waals surface area contributed by atoms with Crippen molar-refractivity contribution in [2.24, 2.45) is 28.8 Å². The summed E-state index contributed by atoms with van der Waals surface area (Å²) in [6.07, 6.45) is 29.4. The molecule has 48 heteroatoms.